The Kier molecular flexibility index (Phi) is 3.84. The summed E-state index contributed by atoms with van der Waals surface area (Å²) >= 11 is 0. The van der Waals surface area contributed by atoms with Gasteiger partial charge < -0.3 is 15.2 Å². The SMILES string of the molecule is O=C(O)CC(Cc1c[nH]c2ccccc12)C(=O)C(=O)O. The Morgan fingerprint density at radius 1 is 1.15 bits per heavy atom. The lowest BCUT2D eigenvalue weighted by Crippen LogP contribution is -2.27. The Morgan fingerprint density at radius 3 is 2.50 bits per heavy atom. The summed E-state index contributed by atoms with van der Waals surface area (Å²) in [6, 6.07) is 7.36. The van der Waals surface area contributed by atoms with Crippen LogP contribution in [0.2, 0.25) is 0 Å². The van der Waals surface area contributed by atoms with Crippen LogP contribution in [-0.2, 0) is 20.8 Å². The summed E-state index contributed by atoms with van der Waals surface area (Å²) in [7, 11) is 0. The molecule has 3 N–H and O–H groups in total. The summed E-state index contributed by atoms with van der Waals surface area (Å²) in [6.07, 6.45) is 1.26. The van der Waals surface area contributed by atoms with Crippen LogP contribution in [0.15, 0.2) is 30.5 Å². The molecule has 1 aromatic carbocycles. The van der Waals surface area contributed by atoms with Crippen LogP contribution in [0.4, 0.5) is 0 Å². The molecule has 1 unspecified atom stereocenters. The van der Waals surface area contributed by atoms with Crippen molar-refractivity contribution in [2.75, 3.05) is 0 Å². The van der Waals surface area contributed by atoms with Crippen molar-refractivity contribution in [3.63, 3.8) is 0 Å². The van der Waals surface area contributed by atoms with Gasteiger partial charge in [-0.2, -0.15) is 0 Å². The predicted octanol–water partition coefficient (Wildman–Crippen LogP) is 1.45. The second kappa shape index (κ2) is 5.56. The van der Waals surface area contributed by atoms with Crippen molar-refractivity contribution >= 4 is 28.6 Å². The summed E-state index contributed by atoms with van der Waals surface area (Å²) in [4.78, 5) is 36.1. The third-order valence-corrected chi connectivity index (χ3v) is 3.14. The molecule has 0 aliphatic heterocycles. The number of aliphatic carboxylic acids is 2. The van der Waals surface area contributed by atoms with Crippen molar-refractivity contribution in [2.45, 2.75) is 12.8 Å². The number of fused-ring (bicyclic) bond motifs is 1. The fourth-order valence-electron chi connectivity index (χ4n) is 2.21. The molecule has 1 aromatic heterocycles. The van der Waals surface area contributed by atoms with Crippen molar-refractivity contribution in [2.24, 2.45) is 5.92 Å². The number of aromatic nitrogens is 1. The minimum absolute atomic E-state index is 0.0848. The Labute approximate surface area is 114 Å². The van der Waals surface area contributed by atoms with Crippen LogP contribution in [-0.4, -0.2) is 32.9 Å². The molecule has 0 radical (unpaired) electrons. The normalized spacial score (nSPS) is 12.2. The number of nitrogens with one attached hydrogen (secondary N) is 1. The average molecular weight is 275 g/mol. The first kappa shape index (κ1) is 13.8. The van der Waals surface area contributed by atoms with Gasteiger partial charge >= 0.3 is 11.9 Å². The number of hydrogen-bond acceptors (Lipinski definition) is 3. The molecule has 20 heavy (non-hydrogen) atoms. The Bertz CT molecular complexity index is 673. The van der Waals surface area contributed by atoms with Crippen molar-refractivity contribution in [1.82, 2.24) is 4.98 Å². The van der Waals surface area contributed by atoms with Crippen LogP contribution in [0.25, 0.3) is 10.9 Å². The van der Waals surface area contributed by atoms with E-state index in [1.165, 1.54) is 0 Å². The number of carbonyl (C=O) groups excluding carboxylic acids is 1. The van der Waals surface area contributed by atoms with Gasteiger partial charge in [0.15, 0.2) is 0 Å². The molecule has 2 aromatic rings. The van der Waals surface area contributed by atoms with E-state index < -0.39 is 30.1 Å². The summed E-state index contributed by atoms with van der Waals surface area (Å²) in [5, 5.41) is 18.4. The minimum atomic E-state index is -1.60. The van der Waals surface area contributed by atoms with Crippen LogP contribution in [0.1, 0.15) is 12.0 Å². The third kappa shape index (κ3) is 2.85. The van der Waals surface area contributed by atoms with Crippen molar-refractivity contribution < 1.29 is 24.6 Å². The highest BCUT2D eigenvalue weighted by Gasteiger charge is 2.28. The molecule has 0 saturated carbocycles. The van der Waals surface area contributed by atoms with Gasteiger partial charge in [-0.25, -0.2) is 4.79 Å². The molecule has 0 bridgehead atoms. The fraction of sp³-hybridized carbons (Fsp3) is 0.214. The molecule has 1 atom stereocenters. The first-order chi connectivity index (χ1) is 9.49. The fourth-order valence-corrected chi connectivity index (χ4v) is 2.21. The van der Waals surface area contributed by atoms with E-state index in [1.807, 2.05) is 24.3 Å². The number of para-hydroxylation sites is 1. The van der Waals surface area contributed by atoms with E-state index in [4.69, 9.17) is 10.2 Å². The van der Waals surface area contributed by atoms with Gasteiger partial charge in [-0.15, -0.1) is 0 Å². The molecular weight excluding hydrogens is 262 g/mol. The molecular formula is C14H13NO5. The van der Waals surface area contributed by atoms with E-state index in [1.54, 1.807) is 6.20 Å². The van der Waals surface area contributed by atoms with Gasteiger partial charge in [-0.1, -0.05) is 18.2 Å². The van der Waals surface area contributed by atoms with Gasteiger partial charge in [-0.05, 0) is 18.1 Å². The van der Waals surface area contributed by atoms with Gasteiger partial charge in [-0.3, -0.25) is 9.59 Å². The molecule has 0 fully saturated rings. The molecule has 104 valence electrons. The van der Waals surface area contributed by atoms with Crippen LogP contribution >= 0.6 is 0 Å². The number of carboxylic acids is 2. The monoisotopic (exact) mass is 275 g/mol. The van der Waals surface area contributed by atoms with Gasteiger partial charge in [0, 0.05) is 23.0 Å². The molecule has 6 nitrogen and oxygen atoms in total. The van der Waals surface area contributed by atoms with E-state index in [0.717, 1.165) is 16.5 Å². The second-order valence-corrected chi connectivity index (χ2v) is 4.53. The first-order valence-electron chi connectivity index (χ1n) is 6.03. The number of benzene rings is 1. The van der Waals surface area contributed by atoms with Crippen molar-refractivity contribution in [3.8, 4) is 0 Å². The van der Waals surface area contributed by atoms with Gasteiger partial charge in [0.1, 0.15) is 0 Å². The summed E-state index contributed by atoms with van der Waals surface area (Å²) in [5.74, 6) is -4.93. The number of H-pyrrole nitrogens is 1. The highest BCUT2D eigenvalue weighted by Crippen LogP contribution is 2.22. The third-order valence-electron chi connectivity index (χ3n) is 3.14. The number of ketones is 1. The van der Waals surface area contributed by atoms with Gasteiger partial charge in [0.05, 0.1) is 6.42 Å². The molecule has 0 saturated heterocycles. The number of Topliss-reactive ketones (excluding diaryl/α,β-unsaturated/α-hetero) is 1. The molecule has 1 heterocycles. The predicted molar refractivity (Wildman–Crippen MR) is 70.4 cm³/mol. The quantitative estimate of drug-likeness (QED) is 0.692. The lowest BCUT2D eigenvalue weighted by atomic mass is 9.92. The zero-order valence-corrected chi connectivity index (χ0v) is 10.5. The molecule has 0 spiro atoms. The summed E-state index contributed by atoms with van der Waals surface area (Å²) in [5.41, 5.74) is 1.60. The van der Waals surface area contributed by atoms with Crippen molar-refractivity contribution in [1.29, 1.82) is 0 Å². The summed E-state index contributed by atoms with van der Waals surface area (Å²) in [6.45, 7) is 0. The maximum Gasteiger partial charge on any atom is 0.372 e. The average Bonchev–Trinajstić information content (AvgIpc) is 2.80. The Balaban J connectivity index is 2.29. The maximum atomic E-state index is 11.6. The minimum Gasteiger partial charge on any atom is -0.481 e. The zero-order chi connectivity index (χ0) is 14.7. The molecule has 0 amide bonds. The van der Waals surface area contributed by atoms with E-state index in [2.05, 4.69) is 4.98 Å². The van der Waals surface area contributed by atoms with Gasteiger partial charge in [0.2, 0.25) is 5.78 Å². The number of rotatable bonds is 6. The highest BCUT2D eigenvalue weighted by molar-refractivity contribution is 6.33. The van der Waals surface area contributed by atoms with Crippen LogP contribution < -0.4 is 0 Å². The van der Waals surface area contributed by atoms with E-state index in [-0.39, 0.29) is 6.42 Å². The smallest absolute Gasteiger partial charge is 0.372 e. The number of aromatic amines is 1. The molecule has 6 heteroatoms. The van der Waals surface area contributed by atoms with Crippen LogP contribution in [0.5, 0.6) is 0 Å². The number of carboxylic acid groups (broad SMARTS) is 2. The maximum absolute atomic E-state index is 11.6. The topological polar surface area (TPSA) is 107 Å². The van der Waals surface area contributed by atoms with Crippen LogP contribution in [0.3, 0.4) is 0 Å². The second-order valence-electron chi connectivity index (χ2n) is 4.53. The van der Waals surface area contributed by atoms with Crippen molar-refractivity contribution in [3.05, 3.63) is 36.0 Å². The molecule has 0 aliphatic carbocycles. The molecule has 0 aliphatic rings. The lowest BCUT2D eigenvalue weighted by Gasteiger charge is -2.10. The highest BCUT2D eigenvalue weighted by atomic mass is 16.4. The standard InChI is InChI=1S/C14H13NO5/c16-12(17)6-8(13(18)14(19)20)5-9-7-15-11-4-2-1-3-10(9)11/h1-4,7-8,15H,5-6H2,(H,16,17)(H,19,20). The Hall–Kier alpha value is -2.63. The largest absolute Gasteiger partial charge is 0.481 e. The zero-order valence-electron chi connectivity index (χ0n) is 10.5. The lowest BCUT2D eigenvalue weighted by molar-refractivity contribution is -0.152. The number of carbonyl (C=O) groups is 3. The van der Waals surface area contributed by atoms with Gasteiger partial charge in [0.25, 0.3) is 0 Å². The van der Waals surface area contributed by atoms with E-state index in [0.29, 0.717) is 0 Å². The van der Waals surface area contributed by atoms with Crippen LogP contribution in [0, 0.1) is 5.92 Å². The number of hydrogen-bond donors (Lipinski definition) is 3. The summed E-state index contributed by atoms with van der Waals surface area (Å²) < 4.78 is 0. The van der Waals surface area contributed by atoms with E-state index >= 15 is 0 Å². The molecule has 2 rings (SSSR count). The van der Waals surface area contributed by atoms with E-state index in [9.17, 15) is 14.4 Å². The Morgan fingerprint density at radius 2 is 1.85 bits per heavy atom. The first-order valence-corrected chi connectivity index (χ1v) is 6.03.